The molecule has 1 amide bonds. The first-order valence-corrected chi connectivity index (χ1v) is 9.61. The van der Waals surface area contributed by atoms with E-state index in [-0.39, 0.29) is 30.8 Å². The Morgan fingerprint density at radius 3 is 2.63 bits per heavy atom. The minimum Gasteiger partial charge on any atom is -0.464 e. The van der Waals surface area contributed by atoms with E-state index in [1.165, 1.54) is 0 Å². The minimum atomic E-state index is -0.255. The molecule has 27 heavy (non-hydrogen) atoms. The Morgan fingerprint density at radius 1 is 1.30 bits per heavy atom. The number of unbranched alkanes of at least 4 members (excludes halogenated alkanes) is 1. The summed E-state index contributed by atoms with van der Waals surface area (Å²) >= 11 is 0. The summed E-state index contributed by atoms with van der Waals surface area (Å²) in [5.41, 5.74) is 0. The number of carbonyl (C=O) groups is 2. The van der Waals surface area contributed by atoms with Crippen molar-refractivity contribution in [3.63, 3.8) is 0 Å². The van der Waals surface area contributed by atoms with E-state index in [4.69, 9.17) is 4.74 Å². The van der Waals surface area contributed by atoms with E-state index in [0.29, 0.717) is 25.5 Å². The number of hydrogen-bond acceptors (Lipinski definition) is 5. The van der Waals surface area contributed by atoms with Gasteiger partial charge in [-0.2, -0.15) is 0 Å². The lowest BCUT2D eigenvalue weighted by molar-refractivity contribution is -0.144. The molecule has 0 unspecified atom stereocenters. The van der Waals surface area contributed by atoms with Crippen LogP contribution < -0.4 is 0 Å². The molecule has 7 nitrogen and oxygen atoms in total. The molecular formula is C19H33ClN4O3. The second kappa shape index (κ2) is 12.0. The molecule has 0 bridgehead atoms. The van der Waals surface area contributed by atoms with E-state index in [0.717, 1.165) is 44.6 Å². The summed E-state index contributed by atoms with van der Waals surface area (Å²) in [6.07, 6.45) is 8.33. The summed E-state index contributed by atoms with van der Waals surface area (Å²) in [5.74, 6) is 0.672. The highest BCUT2D eigenvalue weighted by Gasteiger charge is 2.23. The summed E-state index contributed by atoms with van der Waals surface area (Å²) < 4.78 is 6.97. The number of halogens is 1. The van der Waals surface area contributed by atoms with Gasteiger partial charge in [0.05, 0.1) is 6.61 Å². The van der Waals surface area contributed by atoms with Crippen LogP contribution in [0, 0.1) is 0 Å². The molecule has 1 aliphatic rings. The first-order valence-electron chi connectivity index (χ1n) is 9.61. The average Bonchev–Trinajstić information content (AvgIpc) is 3.07. The van der Waals surface area contributed by atoms with E-state index in [2.05, 4.69) is 30.9 Å². The van der Waals surface area contributed by atoms with Gasteiger partial charge in [-0.05, 0) is 33.4 Å². The van der Waals surface area contributed by atoms with Gasteiger partial charge in [-0.15, -0.1) is 12.4 Å². The van der Waals surface area contributed by atoms with Crippen molar-refractivity contribution in [3.8, 4) is 0 Å². The summed E-state index contributed by atoms with van der Waals surface area (Å²) in [6, 6.07) is 0.566. The number of rotatable bonds is 9. The third-order valence-corrected chi connectivity index (χ3v) is 4.97. The fourth-order valence-electron chi connectivity index (χ4n) is 3.24. The van der Waals surface area contributed by atoms with Gasteiger partial charge in [0.15, 0.2) is 0 Å². The van der Waals surface area contributed by atoms with E-state index in [1.54, 1.807) is 17.0 Å². The maximum Gasteiger partial charge on any atom is 0.325 e. The molecular weight excluding hydrogens is 368 g/mol. The van der Waals surface area contributed by atoms with Crippen LogP contribution in [0.1, 0.15) is 44.9 Å². The highest BCUT2D eigenvalue weighted by Crippen LogP contribution is 2.15. The maximum atomic E-state index is 12.5. The lowest BCUT2D eigenvalue weighted by Crippen LogP contribution is -2.44. The van der Waals surface area contributed by atoms with Gasteiger partial charge in [0.1, 0.15) is 12.4 Å². The van der Waals surface area contributed by atoms with Crippen LogP contribution in [0.4, 0.5) is 0 Å². The van der Waals surface area contributed by atoms with Crippen LogP contribution >= 0.6 is 12.4 Å². The second-order valence-electron chi connectivity index (χ2n) is 7.12. The van der Waals surface area contributed by atoms with Gasteiger partial charge in [-0.3, -0.25) is 9.59 Å². The number of carbonyl (C=O) groups excluding carboxylic acids is 2. The molecule has 8 heteroatoms. The average molecular weight is 401 g/mol. The first kappa shape index (κ1) is 23.4. The van der Waals surface area contributed by atoms with Crippen molar-refractivity contribution in [2.24, 2.45) is 0 Å². The fraction of sp³-hybridized carbons (Fsp3) is 0.737. The highest BCUT2D eigenvalue weighted by molar-refractivity contribution is 5.85. The van der Waals surface area contributed by atoms with E-state index in [9.17, 15) is 9.59 Å². The van der Waals surface area contributed by atoms with Crippen molar-refractivity contribution < 1.29 is 14.3 Å². The molecule has 0 spiro atoms. The Kier molecular flexibility index (Phi) is 10.4. The van der Waals surface area contributed by atoms with Gasteiger partial charge in [-0.1, -0.05) is 13.3 Å². The zero-order valence-electron chi connectivity index (χ0n) is 16.7. The Labute approximate surface area is 168 Å². The van der Waals surface area contributed by atoms with Crippen molar-refractivity contribution in [2.75, 3.05) is 33.8 Å². The van der Waals surface area contributed by atoms with Crippen LogP contribution in [0.5, 0.6) is 0 Å². The Balaban J connectivity index is 0.00000364. The summed E-state index contributed by atoms with van der Waals surface area (Å²) in [4.78, 5) is 32.8. The third-order valence-electron chi connectivity index (χ3n) is 4.97. The van der Waals surface area contributed by atoms with Crippen LogP contribution in [0.25, 0.3) is 0 Å². The number of ether oxygens (including phenoxy) is 1. The summed E-state index contributed by atoms with van der Waals surface area (Å²) in [5, 5.41) is 0. The van der Waals surface area contributed by atoms with Crippen molar-refractivity contribution in [1.82, 2.24) is 19.4 Å². The smallest absolute Gasteiger partial charge is 0.325 e. The fourth-order valence-corrected chi connectivity index (χ4v) is 3.24. The molecule has 1 aromatic rings. The minimum absolute atomic E-state index is 0. The number of hydrogen-bond donors (Lipinski definition) is 0. The molecule has 1 aromatic heterocycles. The zero-order chi connectivity index (χ0) is 18.9. The van der Waals surface area contributed by atoms with E-state index in [1.807, 2.05) is 4.90 Å². The standard InChI is InChI=1S/C19H32N4O3.ClH/c1-4-5-14-26-19(25)15-23-13-10-20-17(23)6-7-18(24)22-11-8-16(9-12-22)21(2)3;/h10,13,16H,4-9,11-12,14-15H2,1-3H3;1H. The Hall–Kier alpha value is -1.60. The lowest BCUT2D eigenvalue weighted by Gasteiger charge is -2.35. The number of aromatic nitrogens is 2. The van der Waals surface area contributed by atoms with Crippen molar-refractivity contribution in [3.05, 3.63) is 18.2 Å². The van der Waals surface area contributed by atoms with Crippen LogP contribution in [-0.2, 0) is 27.3 Å². The molecule has 154 valence electrons. The topological polar surface area (TPSA) is 67.7 Å². The van der Waals surface area contributed by atoms with Crippen LogP contribution in [0.3, 0.4) is 0 Å². The summed E-state index contributed by atoms with van der Waals surface area (Å²) in [6.45, 7) is 4.31. The molecule has 0 N–H and O–H groups in total. The molecule has 0 atom stereocenters. The molecule has 1 aliphatic heterocycles. The third kappa shape index (κ3) is 7.50. The first-order chi connectivity index (χ1) is 12.5. The van der Waals surface area contributed by atoms with Crippen LogP contribution in [0.2, 0.25) is 0 Å². The molecule has 0 aliphatic carbocycles. The number of amides is 1. The van der Waals surface area contributed by atoms with Gasteiger partial charge in [0.2, 0.25) is 5.91 Å². The van der Waals surface area contributed by atoms with E-state index < -0.39 is 0 Å². The predicted octanol–water partition coefficient (Wildman–Crippen LogP) is 2.13. The lowest BCUT2D eigenvalue weighted by atomic mass is 10.0. The maximum absolute atomic E-state index is 12.5. The Morgan fingerprint density at radius 2 is 2.00 bits per heavy atom. The molecule has 0 aromatic carbocycles. The number of esters is 1. The molecule has 0 saturated carbocycles. The molecule has 1 saturated heterocycles. The van der Waals surface area contributed by atoms with Gasteiger partial charge in [0, 0.05) is 44.4 Å². The van der Waals surface area contributed by atoms with Crippen LogP contribution in [0.15, 0.2) is 12.4 Å². The molecule has 2 heterocycles. The number of nitrogens with zero attached hydrogens (tertiary/aromatic N) is 4. The van der Waals surface area contributed by atoms with E-state index >= 15 is 0 Å². The van der Waals surface area contributed by atoms with Gasteiger partial charge < -0.3 is 19.1 Å². The zero-order valence-corrected chi connectivity index (χ0v) is 17.5. The van der Waals surface area contributed by atoms with Crippen molar-refractivity contribution in [2.45, 2.75) is 58.0 Å². The number of imidazole rings is 1. The van der Waals surface area contributed by atoms with Crippen molar-refractivity contribution >= 4 is 24.3 Å². The van der Waals surface area contributed by atoms with Gasteiger partial charge in [0.25, 0.3) is 0 Å². The highest BCUT2D eigenvalue weighted by atomic mass is 35.5. The van der Waals surface area contributed by atoms with Crippen molar-refractivity contribution in [1.29, 1.82) is 0 Å². The van der Waals surface area contributed by atoms with Gasteiger partial charge >= 0.3 is 5.97 Å². The monoisotopic (exact) mass is 400 g/mol. The second-order valence-corrected chi connectivity index (χ2v) is 7.12. The van der Waals surface area contributed by atoms with Crippen LogP contribution in [-0.4, -0.2) is 71.1 Å². The largest absolute Gasteiger partial charge is 0.464 e. The number of likely N-dealkylation sites (tertiary alicyclic amines) is 1. The molecule has 2 rings (SSSR count). The summed E-state index contributed by atoms with van der Waals surface area (Å²) in [7, 11) is 4.18. The quantitative estimate of drug-likeness (QED) is 0.469. The SMILES string of the molecule is CCCCOC(=O)Cn1ccnc1CCC(=O)N1CCC(N(C)C)CC1.Cl. The number of aryl methyl sites for hydroxylation is 1. The normalized spacial score (nSPS) is 14.9. The Bertz CT molecular complexity index is 583. The number of piperidine rings is 1. The van der Waals surface area contributed by atoms with Gasteiger partial charge in [-0.25, -0.2) is 4.98 Å². The molecule has 1 fully saturated rings. The predicted molar refractivity (Wildman–Crippen MR) is 107 cm³/mol. The molecule has 0 radical (unpaired) electrons.